The molecule has 0 atom stereocenters. The first-order valence-corrected chi connectivity index (χ1v) is 7.59. The zero-order chi connectivity index (χ0) is 17.5. The molecule has 0 fully saturated rings. The number of ether oxygens (including phenoxy) is 1. The van der Waals surface area contributed by atoms with Crippen LogP contribution < -0.4 is 20.9 Å². The van der Waals surface area contributed by atoms with Crippen LogP contribution in [0.25, 0.3) is 0 Å². The van der Waals surface area contributed by atoms with Gasteiger partial charge in [-0.15, -0.1) is 0 Å². The van der Waals surface area contributed by atoms with Gasteiger partial charge in [-0.1, -0.05) is 17.7 Å². The SMILES string of the molecule is COc1cccc(C(=O)NC(=S)NNC(=O)c2ccc(Cl)cc2)c1. The summed E-state index contributed by atoms with van der Waals surface area (Å²) in [7, 11) is 1.51. The van der Waals surface area contributed by atoms with E-state index < -0.39 is 11.8 Å². The van der Waals surface area contributed by atoms with Crippen LogP contribution in [-0.4, -0.2) is 24.0 Å². The van der Waals surface area contributed by atoms with Gasteiger partial charge in [0, 0.05) is 16.1 Å². The number of thiocarbonyl (C=S) groups is 1. The van der Waals surface area contributed by atoms with Crippen molar-refractivity contribution in [3.63, 3.8) is 0 Å². The maximum atomic E-state index is 12.1. The minimum Gasteiger partial charge on any atom is -0.497 e. The van der Waals surface area contributed by atoms with Crippen molar-refractivity contribution in [3.05, 3.63) is 64.7 Å². The first-order chi connectivity index (χ1) is 11.5. The number of hydrogen-bond acceptors (Lipinski definition) is 4. The molecule has 2 aromatic carbocycles. The Morgan fingerprint density at radius 1 is 1.00 bits per heavy atom. The molecule has 0 spiro atoms. The Hall–Kier alpha value is -2.64. The Balaban J connectivity index is 1.87. The van der Waals surface area contributed by atoms with E-state index >= 15 is 0 Å². The van der Waals surface area contributed by atoms with Crippen LogP contribution >= 0.6 is 23.8 Å². The van der Waals surface area contributed by atoms with Crippen molar-refractivity contribution in [1.29, 1.82) is 0 Å². The molecule has 0 bridgehead atoms. The molecule has 2 rings (SSSR count). The van der Waals surface area contributed by atoms with Gasteiger partial charge in [0.05, 0.1) is 7.11 Å². The third-order valence-corrected chi connectivity index (χ3v) is 3.41. The lowest BCUT2D eigenvalue weighted by Gasteiger charge is -2.11. The van der Waals surface area contributed by atoms with E-state index in [0.29, 0.717) is 21.9 Å². The number of carbonyl (C=O) groups is 2. The Bertz CT molecular complexity index is 765. The largest absolute Gasteiger partial charge is 0.497 e. The number of halogens is 1. The first kappa shape index (κ1) is 17.7. The van der Waals surface area contributed by atoms with Gasteiger partial charge in [0.25, 0.3) is 11.8 Å². The molecule has 2 amide bonds. The van der Waals surface area contributed by atoms with E-state index in [1.54, 1.807) is 48.5 Å². The average Bonchev–Trinajstić information content (AvgIpc) is 2.60. The number of carbonyl (C=O) groups excluding carboxylic acids is 2. The van der Waals surface area contributed by atoms with E-state index in [0.717, 1.165) is 0 Å². The van der Waals surface area contributed by atoms with Gasteiger partial charge in [-0.3, -0.25) is 25.8 Å². The van der Waals surface area contributed by atoms with E-state index in [4.69, 9.17) is 28.6 Å². The Labute approximate surface area is 149 Å². The maximum absolute atomic E-state index is 12.1. The van der Waals surface area contributed by atoms with Gasteiger partial charge >= 0.3 is 0 Å². The average molecular weight is 364 g/mol. The number of benzene rings is 2. The van der Waals surface area contributed by atoms with Crippen LogP contribution in [0.15, 0.2) is 48.5 Å². The Kier molecular flexibility index (Phi) is 6.11. The molecule has 6 nitrogen and oxygen atoms in total. The van der Waals surface area contributed by atoms with E-state index in [1.165, 1.54) is 7.11 Å². The third-order valence-electron chi connectivity index (χ3n) is 2.95. The van der Waals surface area contributed by atoms with Crippen LogP contribution in [0.3, 0.4) is 0 Å². The van der Waals surface area contributed by atoms with Gasteiger partial charge in [0.2, 0.25) is 0 Å². The number of methoxy groups -OCH3 is 1. The number of rotatable bonds is 3. The van der Waals surface area contributed by atoms with Crippen molar-refractivity contribution < 1.29 is 14.3 Å². The molecule has 0 radical (unpaired) electrons. The van der Waals surface area contributed by atoms with Gasteiger partial charge in [-0.25, -0.2) is 0 Å². The van der Waals surface area contributed by atoms with Gasteiger partial charge in [0.1, 0.15) is 5.75 Å². The Morgan fingerprint density at radius 2 is 1.71 bits per heavy atom. The van der Waals surface area contributed by atoms with Crippen LogP contribution in [0.5, 0.6) is 5.75 Å². The second kappa shape index (κ2) is 8.28. The van der Waals surface area contributed by atoms with Crippen LogP contribution in [0.2, 0.25) is 5.02 Å². The van der Waals surface area contributed by atoms with Crippen LogP contribution in [-0.2, 0) is 0 Å². The van der Waals surface area contributed by atoms with E-state index in [-0.39, 0.29) is 5.11 Å². The summed E-state index contributed by atoms with van der Waals surface area (Å²) in [4.78, 5) is 23.9. The van der Waals surface area contributed by atoms with Gasteiger partial charge in [0.15, 0.2) is 5.11 Å². The maximum Gasteiger partial charge on any atom is 0.269 e. The summed E-state index contributed by atoms with van der Waals surface area (Å²) in [6.45, 7) is 0. The summed E-state index contributed by atoms with van der Waals surface area (Å²) in [6.07, 6.45) is 0. The molecule has 0 saturated carbocycles. The summed E-state index contributed by atoms with van der Waals surface area (Å²) in [5, 5.41) is 2.94. The molecule has 0 unspecified atom stereocenters. The lowest BCUT2D eigenvalue weighted by Crippen LogP contribution is -2.48. The zero-order valence-electron chi connectivity index (χ0n) is 12.6. The highest BCUT2D eigenvalue weighted by Gasteiger charge is 2.10. The smallest absolute Gasteiger partial charge is 0.269 e. The fourth-order valence-electron chi connectivity index (χ4n) is 1.76. The minimum atomic E-state index is -0.424. The summed E-state index contributed by atoms with van der Waals surface area (Å²) >= 11 is 10.7. The predicted molar refractivity (Wildman–Crippen MR) is 95.1 cm³/mol. The first-order valence-electron chi connectivity index (χ1n) is 6.81. The molecule has 0 aliphatic rings. The summed E-state index contributed by atoms with van der Waals surface area (Å²) in [5.74, 6) is -0.283. The molecule has 3 N–H and O–H groups in total. The molecule has 0 aliphatic carbocycles. The second-order valence-electron chi connectivity index (χ2n) is 4.60. The fraction of sp³-hybridized carbons (Fsp3) is 0.0625. The summed E-state index contributed by atoms with van der Waals surface area (Å²) in [6, 6.07) is 12.9. The van der Waals surface area contributed by atoms with Gasteiger partial charge in [-0.2, -0.15) is 0 Å². The minimum absolute atomic E-state index is 0.0369. The van der Waals surface area contributed by atoms with Crippen molar-refractivity contribution in [2.24, 2.45) is 0 Å². The number of amides is 2. The molecule has 8 heteroatoms. The monoisotopic (exact) mass is 363 g/mol. The highest BCUT2D eigenvalue weighted by Crippen LogP contribution is 2.12. The van der Waals surface area contributed by atoms with E-state index in [9.17, 15) is 9.59 Å². The van der Waals surface area contributed by atoms with Crippen molar-refractivity contribution >= 4 is 40.7 Å². The lowest BCUT2D eigenvalue weighted by atomic mass is 10.2. The van der Waals surface area contributed by atoms with Crippen LogP contribution in [0.4, 0.5) is 0 Å². The van der Waals surface area contributed by atoms with Crippen molar-refractivity contribution in [2.45, 2.75) is 0 Å². The molecule has 0 aromatic heterocycles. The summed E-state index contributed by atoms with van der Waals surface area (Å²) < 4.78 is 5.05. The zero-order valence-corrected chi connectivity index (χ0v) is 14.2. The molecule has 0 saturated heterocycles. The third kappa shape index (κ3) is 4.94. The predicted octanol–water partition coefficient (Wildman–Crippen LogP) is 2.30. The van der Waals surface area contributed by atoms with Crippen molar-refractivity contribution in [2.75, 3.05) is 7.11 Å². The van der Waals surface area contributed by atoms with Gasteiger partial charge < -0.3 is 4.74 Å². The molecule has 0 aliphatic heterocycles. The molecule has 2 aromatic rings. The molecule has 0 heterocycles. The number of nitrogens with one attached hydrogen (secondary N) is 3. The molecule has 124 valence electrons. The second-order valence-corrected chi connectivity index (χ2v) is 5.45. The molecular weight excluding hydrogens is 350 g/mol. The standard InChI is InChI=1S/C16H14ClN3O3S/c1-23-13-4-2-3-11(9-13)14(21)18-16(24)20-19-15(22)10-5-7-12(17)8-6-10/h2-9H,1H3,(H,19,22)(H2,18,20,21,24). The fourth-order valence-corrected chi connectivity index (χ4v) is 2.03. The number of hydrazine groups is 1. The quantitative estimate of drug-likeness (QED) is 0.576. The number of hydrogen-bond donors (Lipinski definition) is 3. The van der Waals surface area contributed by atoms with E-state index in [1.807, 2.05) is 0 Å². The van der Waals surface area contributed by atoms with Gasteiger partial charge in [-0.05, 0) is 54.7 Å². The lowest BCUT2D eigenvalue weighted by molar-refractivity contribution is 0.0934. The Morgan fingerprint density at radius 3 is 2.38 bits per heavy atom. The summed E-state index contributed by atoms with van der Waals surface area (Å²) in [5.41, 5.74) is 5.62. The van der Waals surface area contributed by atoms with Crippen LogP contribution in [0.1, 0.15) is 20.7 Å². The van der Waals surface area contributed by atoms with Crippen molar-refractivity contribution in [1.82, 2.24) is 16.2 Å². The highest BCUT2D eigenvalue weighted by molar-refractivity contribution is 7.80. The normalized spacial score (nSPS) is 9.75. The topological polar surface area (TPSA) is 79.5 Å². The van der Waals surface area contributed by atoms with Crippen molar-refractivity contribution in [3.8, 4) is 5.75 Å². The van der Waals surface area contributed by atoms with E-state index in [2.05, 4.69) is 16.2 Å². The van der Waals surface area contributed by atoms with Crippen LogP contribution in [0, 0.1) is 0 Å². The molecular formula is C16H14ClN3O3S. The highest BCUT2D eigenvalue weighted by atomic mass is 35.5. The molecule has 24 heavy (non-hydrogen) atoms.